The molecule has 1 aliphatic heterocycles. The lowest BCUT2D eigenvalue weighted by Gasteiger charge is -2.23. The molecule has 0 fully saturated rings. The summed E-state index contributed by atoms with van der Waals surface area (Å²) >= 11 is 0. The molecular formula is C22H24N2. The van der Waals surface area contributed by atoms with Crippen LogP contribution >= 0.6 is 0 Å². The molecule has 0 bridgehead atoms. The van der Waals surface area contributed by atoms with Crippen molar-refractivity contribution in [3.8, 4) is 11.3 Å². The topological polar surface area (TPSA) is 17.3 Å². The summed E-state index contributed by atoms with van der Waals surface area (Å²) in [6, 6.07) is 9.59. The van der Waals surface area contributed by atoms with Gasteiger partial charge in [-0.3, -0.25) is 4.99 Å². The average Bonchev–Trinajstić information content (AvgIpc) is 3.02. The fourth-order valence-corrected chi connectivity index (χ4v) is 4.65. The number of hydrogen-bond donors (Lipinski definition) is 0. The van der Waals surface area contributed by atoms with E-state index in [1.807, 2.05) is 0 Å². The van der Waals surface area contributed by atoms with E-state index in [1.54, 1.807) is 5.57 Å². The molecule has 0 unspecified atom stereocenters. The molecule has 0 radical (unpaired) electrons. The molecule has 1 aromatic heterocycles. The summed E-state index contributed by atoms with van der Waals surface area (Å²) in [4.78, 5) is 4.63. The van der Waals surface area contributed by atoms with E-state index in [0.717, 1.165) is 19.5 Å². The monoisotopic (exact) mass is 316 g/mol. The predicted molar refractivity (Wildman–Crippen MR) is 101 cm³/mol. The first-order valence-electron chi connectivity index (χ1n) is 9.38. The number of aliphatic imine (C=N–C) groups is 1. The molecule has 0 saturated carbocycles. The number of benzene rings is 1. The van der Waals surface area contributed by atoms with Gasteiger partial charge in [0.15, 0.2) is 0 Å². The van der Waals surface area contributed by atoms with Gasteiger partial charge in [-0.05, 0) is 73.8 Å². The second kappa shape index (κ2) is 5.47. The van der Waals surface area contributed by atoms with Gasteiger partial charge in [0.25, 0.3) is 0 Å². The Labute approximate surface area is 143 Å². The van der Waals surface area contributed by atoms with Crippen molar-refractivity contribution in [1.29, 1.82) is 0 Å². The van der Waals surface area contributed by atoms with Crippen LogP contribution in [0.1, 0.15) is 55.0 Å². The maximum Gasteiger partial charge on any atom is 0.0626 e. The largest absolute Gasteiger partial charge is 0.337 e. The van der Waals surface area contributed by atoms with Gasteiger partial charge in [0.05, 0.1) is 23.6 Å². The molecule has 2 nitrogen and oxygen atoms in total. The molecule has 0 amide bonds. The Bertz CT molecular complexity index is 880. The molecule has 24 heavy (non-hydrogen) atoms. The lowest BCUT2D eigenvalue weighted by atomic mass is 9.86. The molecule has 0 atom stereocenters. The highest BCUT2D eigenvalue weighted by molar-refractivity contribution is 5.99. The van der Waals surface area contributed by atoms with Crippen LogP contribution in [0.15, 0.2) is 35.3 Å². The molecule has 0 N–H and O–H groups in total. The van der Waals surface area contributed by atoms with Gasteiger partial charge in [-0.15, -0.1) is 0 Å². The van der Waals surface area contributed by atoms with E-state index in [0.29, 0.717) is 0 Å². The van der Waals surface area contributed by atoms with Crippen LogP contribution in [0.3, 0.4) is 0 Å². The van der Waals surface area contributed by atoms with Crippen LogP contribution in [0.5, 0.6) is 0 Å². The van der Waals surface area contributed by atoms with E-state index >= 15 is 0 Å². The van der Waals surface area contributed by atoms with Gasteiger partial charge < -0.3 is 4.57 Å². The number of aromatic nitrogens is 1. The fraction of sp³-hybridized carbons (Fsp3) is 0.409. The van der Waals surface area contributed by atoms with Gasteiger partial charge in [0.2, 0.25) is 0 Å². The van der Waals surface area contributed by atoms with E-state index in [1.165, 1.54) is 71.5 Å². The van der Waals surface area contributed by atoms with E-state index < -0.39 is 0 Å². The fourth-order valence-electron chi connectivity index (χ4n) is 4.65. The predicted octanol–water partition coefficient (Wildman–Crippen LogP) is 5.03. The van der Waals surface area contributed by atoms with Crippen LogP contribution in [0.2, 0.25) is 0 Å². The Hall–Kier alpha value is -2.09. The molecule has 5 rings (SSSR count). The average molecular weight is 316 g/mol. The third-order valence-corrected chi connectivity index (χ3v) is 5.90. The van der Waals surface area contributed by atoms with Crippen molar-refractivity contribution in [2.45, 2.75) is 52.0 Å². The molecule has 3 aliphatic rings. The van der Waals surface area contributed by atoms with Gasteiger partial charge in [-0.2, -0.15) is 0 Å². The molecular weight excluding hydrogens is 292 g/mol. The first-order chi connectivity index (χ1) is 11.8. The van der Waals surface area contributed by atoms with Crippen molar-refractivity contribution in [1.82, 2.24) is 4.57 Å². The van der Waals surface area contributed by atoms with E-state index in [-0.39, 0.29) is 0 Å². The number of aryl methyl sites for hydroxylation is 2. The van der Waals surface area contributed by atoms with E-state index in [4.69, 9.17) is 0 Å². The van der Waals surface area contributed by atoms with Crippen molar-refractivity contribution in [3.05, 3.63) is 52.7 Å². The Morgan fingerprint density at radius 2 is 1.92 bits per heavy atom. The van der Waals surface area contributed by atoms with Crippen molar-refractivity contribution >= 4 is 11.3 Å². The Morgan fingerprint density at radius 3 is 2.79 bits per heavy atom. The highest BCUT2D eigenvalue weighted by atomic mass is 15.1. The van der Waals surface area contributed by atoms with E-state index in [2.05, 4.69) is 46.8 Å². The van der Waals surface area contributed by atoms with Crippen molar-refractivity contribution in [2.75, 3.05) is 6.54 Å². The molecule has 122 valence electrons. The molecule has 2 aliphatic carbocycles. The van der Waals surface area contributed by atoms with Crippen LogP contribution in [-0.4, -0.2) is 16.8 Å². The molecule has 0 spiro atoms. The lowest BCUT2D eigenvalue weighted by Crippen LogP contribution is -2.17. The van der Waals surface area contributed by atoms with Crippen molar-refractivity contribution in [2.24, 2.45) is 4.99 Å². The third-order valence-electron chi connectivity index (χ3n) is 5.90. The first kappa shape index (κ1) is 14.3. The maximum absolute atomic E-state index is 4.63. The number of allylic oxidation sites excluding steroid dienone is 2. The molecule has 2 heterocycles. The number of fused-ring (bicyclic) bond motifs is 5. The minimum atomic E-state index is 0.917. The zero-order valence-corrected chi connectivity index (χ0v) is 14.4. The number of nitrogens with zero attached hydrogens (tertiary/aromatic N) is 2. The van der Waals surface area contributed by atoms with Gasteiger partial charge in [0.1, 0.15) is 0 Å². The Kier molecular flexibility index (Phi) is 3.26. The van der Waals surface area contributed by atoms with Gasteiger partial charge in [-0.1, -0.05) is 24.3 Å². The molecule has 2 heteroatoms. The third kappa shape index (κ3) is 2.12. The van der Waals surface area contributed by atoms with Gasteiger partial charge >= 0.3 is 0 Å². The van der Waals surface area contributed by atoms with Crippen LogP contribution in [-0.2, 0) is 19.4 Å². The maximum atomic E-state index is 4.63. The summed E-state index contributed by atoms with van der Waals surface area (Å²) in [7, 11) is 0. The molecule has 1 aromatic carbocycles. The number of hydrogen-bond acceptors (Lipinski definition) is 1. The van der Waals surface area contributed by atoms with Crippen LogP contribution in [0, 0.1) is 0 Å². The standard InChI is InChI=1S/C22H24N2/c1-15-21-14-19-8-7-18-13-17(16-5-3-2-4-6-16)9-10-20(18)22(19)24(21)12-11-23-15/h5,9-10,13-14H,2-4,6-8,11-12H2,1H3. The van der Waals surface area contributed by atoms with Crippen molar-refractivity contribution < 1.29 is 0 Å². The van der Waals surface area contributed by atoms with Gasteiger partial charge in [0, 0.05) is 12.1 Å². The quantitative estimate of drug-likeness (QED) is 0.702. The normalized spacial score (nSPS) is 19.0. The summed E-state index contributed by atoms with van der Waals surface area (Å²) in [5.41, 5.74) is 11.5. The highest BCUT2D eigenvalue weighted by Gasteiger charge is 2.25. The minimum Gasteiger partial charge on any atom is -0.337 e. The van der Waals surface area contributed by atoms with Crippen LogP contribution < -0.4 is 0 Å². The summed E-state index contributed by atoms with van der Waals surface area (Å²) < 4.78 is 2.51. The Morgan fingerprint density at radius 1 is 1.00 bits per heavy atom. The Balaban J connectivity index is 1.62. The van der Waals surface area contributed by atoms with E-state index in [9.17, 15) is 0 Å². The SMILES string of the molecule is CC1=NCCn2c1cc1c2-c2ccc(C3=CCCCC3)cc2CC1. The summed E-state index contributed by atoms with van der Waals surface area (Å²) in [6.45, 7) is 4.09. The highest BCUT2D eigenvalue weighted by Crippen LogP contribution is 2.39. The summed E-state index contributed by atoms with van der Waals surface area (Å²) in [6.07, 6.45) is 9.99. The summed E-state index contributed by atoms with van der Waals surface area (Å²) in [5, 5.41) is 0. The second-order valence-electron chi connectivity index (χ2n) is 7.37. The van der Waals surface area contributed by atoms with Crippen LogP contribution in [0.4, 0.5) is 0 Å². The second-order valence-corrected chi connectivity index (χ2v) is 7.37. The number of rotatable bonds is 1. The van der Waals surface area contributed by atoms with Crippen LogP contribution in [0.25, 0.3) is 16.8 Å². The summed E-state index contributed by atoms with van der Waals surface area (Å²) in [5.74, 6) is 0. The zero-order valence-electron chi connectivity index (χ0n) is 14.4. The lowest BCUT2D eigenvalue weighted by molar-refractivity contribution is 0.691. The van der Waals surface area contributed by atoms with Gasteiger partial charge in [-0.25, -0.2) is 0 Å². The smallest absolute Gasteiger partial charge is 0.0626 e. The molecule has 0 saturated heterocycles. The van der Waals surface area contributed by atoms with Crippen molar-refractivity contribution in [3.63, 3.8) is 0 Å². The minimum absolute atomic E-state index is 0.917. The first-order valence-corrected chi connectivity index (χ1v) is 9.38. The molecule has 2 aromatic rings. The zero-order chi connectivity index (χ0) is 16.1.